The van der Waals surface area contributed by atoms with Crippen LogP contribution in [0.3, 0.4) is 0 Å². The Morgan fingerprint density at radius 1 is 0.962 bits per heavy atom. The third kappa shape index (κ3) is 5.27. The number of halogens is 1. The highest BCUT2D eigenvalue weighted by atomic mass is 32.3. The topological polar surface area (TPSA) is 110 Å². The molecule has 2 heterocycles. The molecule has 296 valence electrons. The molecule has 0 aromatic rings. The van der Waals surface area contributed by atoms with E-state index in [1.54, 1.807) is 0 Å². The molecule has 0 radical (unpaired) electrons. The second-order valence-corrected chi connectivity index (χ2v) is 23.3. The summed E-state index contributed by atoms with van der Waals surface area (Å²) in [5.41, 5.74) is 3.06. The molecule has 0 aromatic carbocycles. The average molecular weight is 755 g/mol. The Morgan fingerprint density at radius 2 is 1.72 bits per heavy atom. The molecule has 0 unspecified atom stereocenters. The summed E-state index contributed by atoms with van der Waals surface area (Å²) in [6, 6.07) is -0.0337. The van der Waals surface area contributed by atoms with E-state index in [1.165, 1.54) is 48.8 Å². The Morgan fingerprint density at radius 3 is 2.32 bits per heavy atom. The molecule has 2 saturated heterocycles. The highest BCUT2D eigenvalue weighted by Gasteiger charge is 2.70. The fourth-order valence-electron chi connectivity index (χ4n) is 15.5. The molecular weight excluding hydrogens is 688 g/mol. The van der Waals surface area contributed by atoms with Crippen molar-refractivity contribution in [3.8, 4) is 0 Å². The van der Waals surface area contributed by atoms with Gasteiger partial charge in [0.15, 0.2) is 0 Å². The zero-order valence-corrected chi connectivity index (χ0v) is 34.1. The lowest BCUT2D eigenvalue weighted by Crippen LogP contribution is -2.68. The van der Waals surface area contributed by atoms with Gasteiger partial charge in [-0.25, -0.2) is 4.39 Å². The second-order valence-electron chi connectivity index (χ2n) is 20.8. The second kappa shape index (κ2) is 12.4. The summed E-state index contributed by atoms with van der Waals surface area (Å²) in [4.78, 5) is 27.7. The summed E-state index contributed by atoms with van der Waals surface area (Å²) >= 11 is 0. The van der Waals surface area contributed by atoms with Crippen LogP contribution in [0.25, 0.3) is 0 Å². The number of amides is 1. The van der Waals surface area contributed by atoms with Crippen LogP contribution in [-0.2, 0) is 9.59 Å². The fraction of sp³-hybridized carbons (Fsp3) is 0.818. The van der Waals surface area contributed by atoms with E-state index in [-0.39, 0.29) is 50.8 Å². The van der Waals surface area contributed by atoms with E-state index in [4.69, 9.17) is 0 Å². The highest BCUT2D eigenvalue weighted by Crippen LogP contribution is 2.76. The predicted octanol–water partition coefficient (Wildman–Crippen LogP) is 9.41. The first kappa shape index (κ1) is 38.2. The first-order valence-electron chi connectivity index (χ1n) is 20.9. The van der Waals surface area contributed by atoms with Gasteiger partial charge in [0.1, 0.15) is 6.67 Å². The number of carboxylic acid groups (broad SMARTS) is 1. The Hall–Kier alpha value is -1.68. The lowest BCUT2D eigenvalue weighted by molar-refractivity contribution is -0.221. The van der Waals surface area contributed by atoms with Gasteiger partial charge in [-0.05, 0) is 153 Å². The van der Waals surface area contributed by atoms with Crippen molar-refractivity contribution in [3.05, 3.63) is 35.5 Å². The number of likely N-dealkylation sites (tertiary alicyclic amines) is 1. The first-order valence-corrected chi connectivity index (χ1v) is 22.7. The number of carboxylic acids is 1. The van der Waals surface area contributed by atoms with Gasteiger partial charge in [-0.3, -0.25) is 18.7 Å². The zero-order chi connectivity index (χ0) is 38.1. The fourth-order valence-corrected chi connectivity index (χ4v) is 17.6. The summed E-state index contributed by atoms with van der Waals surface area (Å²) in [5.74, 6) is 2.03. The monoisotopic (exact) mass is 754 g/mol. The Balaban J connectivity index is 1.04. The smallest absolute Gasteiger partial charge is 0.312 e. The third-order valence-corrected chi connectivity index (χ3v) is 20.9. The number of hydrogen-bond acceptors (Lipinski definition) is 5. The Bertz CT molecular complexity index is 1640. The minimum atomic E-state index is -2.55. The van der Waals surface area contributed by atoms with E-state index in [0.717, 1.165) is 32.1 Å². The van der Waals surface area contributed by atoms with E-state index in [0.29, 0.717) is 61.3 Å². The molecule has 4 N–H and O–H groups in total. The van der Waals surface area contributed by atoms with Gasteiger partial charge >= 0.3 is 5.97 Å². The molecular formula is C44H67FN2O5S. The summed E-state index contributed by atoms with van der Waals surface area (Å²) in [5, 5.41) is 13.6. The Labute approximate surface area is 319 Å². The Kier molecular flexibility index (Phi) is 8.94. The predicted molar refractivity (Wildman–Crippen MR) is 210 cm³/mol. The van der Waals surface area contributed by atoms with Crippen LogP contribution in [0.4, 0.5) is 4.39 Å². The van der Waals surface area contributed by atoms with Crippen LogP contribution in [0, 0.1) is 56.7 Å². The van der Waals surface area contributed by atoms with E-state index < -0.39 is 28.6 Å². The molecule has 8 aliphatic rings. The number of fused-ring (bicyclic) bond motifs is 9. The maximum absolute atomic E-state index is 14.0. The number of nitrogens with zero attached hydrogens (tertiary/aromatic N) is 1. The van der Waals surface area contributed by atoms with Crippen molar-refractivity contribution in [2.75, 3.05) is 25.5 Å². The van der Waals surface area contributed by atoms with Crippen molar-refractivity contribution in [1.82, 2.24) is 10.2 Å². The molecule has 7 nitrogen and oxygen atoms in total. The number of alkyl halides is 1. The molecule has 2 bridgehead atoms. The standard InChI is InChI=1S/C44H67FN2O5S/c1-27(2)31-12-19-44(46-23-36(48)47-24-30-22-29(47)25-53(30,51)52)21-20-41(6)33(37(31)44)8-9-35-40(5)15-13-32(39(3,4)34(40)14-16-42(35,41)7)28-10-17-43(26-45,18-11-28)38(49)50/h10,13,29-31,33-35,37,46,51-52H,1,8-9,11-12,14-26H2,2-7H3,(H,49,50)/t29-,30-,31-,33+,34-,35+,37+,40-,41+,42+,43-,44-/m0/s1. The van der Waals surface area contributed by atoms with Crippen LogP contribution >= 0.6 is 10.6 Å². The van der Waals surface area contributed by atoms with E-state index >= 15 is 0 Å². The lowest BCUT2D eigenvalue weighted by atomic mass is 9.33. The van der Waals surface area contributed by atoms with E-state index in [9.17, 15) is 28.2 Å². The number of hydrogen-bond donors (Lipinski definition) is 4. The van der Waals surface area contributed by atoms with Crippen molar-refractivity contribution >= 4 is 22.5 Å². The molecule has 12 atom stereocenters. The SMILES string of the molecule is C=C(C)[C@@H]1CC[C@]2(NCC(=O)N3C[C@@H]4C[C@H]3CS4(O)O)CC[C@]3(C)[C@H](CC[C@@H]4[C@@]5(C)CC=C(C6=CC[C@](CF)(C(=O)O)CC6)C(C)(C)[C@@H]5CC[C@]43C)[C@@H]12. The molecule has 2 aliphatic heterocycles. The van der Waals surface area contributed by atoms with Gasteiger partial charge in [-0.1, -0.05) is 58.9 Å². The zero-order valence-electron chi connectivity index (χ0n) is 33.3. The van der Waals surface area contributed by atoms with Gasteiger partial charge in [0.25, 0.3) is 0 Å². The molecule has 4 saturated carbocycles. The summed E-state index contributed by atoms with van der Waals surface area (Å²) in [6.07, 6.45) is 16.9. The van der Waals surface area contributed by atoms with Crippen molar-refractivity contribution in [1.29, 1.82) is 0 Å². The largest absolute Gasteiger partial charge is 0.481 e. The number of aliphatic carboxylic acids is 1. The third-order valence-electron chi connectivity index (χ3n) is 18.6. The average Bonchev–Trinajstić information content (AvgIpc) is 3.78. The normalized spacial score (nSPS) is 48.4. The van der Waals surface area contributed by atoms with Crippen molar-refractivity contribution in [3.63, 3.8) is 0 Å². The highest BCUT2D eigenvalue weighted by molar-refractivity contribution is 8.25. The van der Waals surface area contributed by atoms with Gasteiger partial charge in [-0.2, -0.15) is 10.6 Å². The van der Waals surface area contributed by atoms with Crippen LogP contribution in [0.2, 0.25) is 0 Å². The van der Waals surface area contributed by atoms with Gasteiger partial charge in [0.2, 0.25) is 5.91 Å². The number of carbonyl (C=O) groups is 2. The van der Waals surface area contributed by atoms with Gasteiger partial charge in [-0.15, -0.1) is 0 Å². The summed E-state index contributed by atoms with van der Waals surface area (Å²) < 4.78 is 34.8. The summed E-state index contributed by atoms with van der Waals surface area (Å²) in [7, 11) is -2.55. The molecule has 0 spiro atoms. The van der Waals surface area contributed by atoms with E-state index in [2.05, 4.69) is 65.6 Å². The van der Waals surface area contributed by atoms with Crippen LogP contribution < -0.4 is 5.32 Å². The molecule has 9 heteroatoms. The van der Waals surface area contributed by atoms with Gasteiger partial charge in [0.05, 0.1) is 29.0 Å². The van der Waals surface area contributed by atoms with Crippen LogP contribution in [0.15, 0.2) is 35.5 Å². The molecule has 6 fully saturated rings. The van der Waals surface area contributed by atoms with Gasteiger partial charge < -0.3 is 15.3 Å². The molecule has 6 aliphatic carbocycles. The van der Waals surface area contributed by atoms with Crippen LogP contribution in [0.5, 0.6) is 0 Å². The van der Waals surface area contributed by atoms with Crippen LogP contribution in [0.1, 0.15) is 125 Å². The first-order chi connectivity index (χ1) is 24.8. The minimum Gasteiger partial charge on any atom is -0.481 e. The van der Waals surface area contributed by atoms with Crippen molar-refractivity contribution in [2.24, 2.45) is 56.7 Å². The quantitative estimate of drug-likeness (QED) is 0.193. The lowest BCUT2D eigenvalue weighted by Gasteiger charge is -2.72. The maximum Gasteiger partial charge on any atom is 0.312 e. The maximum atomic E-state index is 14.0. The summed E-state index contributed by atoms with van der Waals surface area (Å²) in [6.45, 7) is 19.6. The number of carbonyl (C=O) groups excluding carboxylic acids is 1. The van der Waals surface area contributed by atoms with Crippen molar-refractivity contribution < 1.29 is 28.2 Å². The molecule has 0 aromatic heterocycles. The number of rotatable bonds is 7. The van der Waals surface area contributed by atoms with E-state index in [1.807, 2.05) is 4.90 Å². The number of allylic oxidation sites excluding steroid dienone is 5. The van der Waals surface area contributed by atoms with Crippen molar-refractivity contribution in [2.45, 2.75) is 142 Å². The minimum absolute atomic E-state index is 0.0337. The van der Waals surface area contributed by atoms with Crippen LogP contribution in [-0.4, -0.2) is 73.3 Å². The van der Waals surface area contributed by atoms with Gasteiger partial charge in [0, 0.05) is 12.1 Å². The molecule has 53 heavy (non-hydrogen) atoms. The molecule has 8 rings (SSSR count). The molecule has 1 amide bonds. The number of nitrogens with one attached hydrogen (secondary N) is 1.